The van der Waals surface area contributed by atoms with Crippen LogP contribution in [0.15, 0.2) is 46.8 Å². The number of anilines is 2. The lowest BCUT2D eigenvalue weighted by Gasteiger charge is -2.04. The molecule has 3 rings (SSSR count). The van der Waals surface area contributed by atoms with E-state index in [1.165, 1.54) is 11.3 Å². The van der Waals surface area contributed by atoms with Crippen molar-refractivity contribution >= 4 is 57.1 Å². The number of hydrogen-bond donors (Lipinski definition) is 1. The Balaban J connectivity index is 1.63. The second-order valence-corrected chi connectivity index (χ2v) is 7.73. The SMILES string of the molecule is COc1ccc(Nc2nnc(SCc3c(Cl)cccc3Cl)s2)cc1. The predicted molar refractivity (Wildman–Crippen MR) is 102 cm³/mol. The molecular formula is C16H13Cl2N3OS2. The molecule has 0 fully saturated rings. The van der Waals surface area contributed by atoms with Crippen molar-refractivity contribution in [2.45, 2.75) is 10.1 Å². The van der Waals surface area contributed by atoms with E-state index in [4.69, 9.17) is 27.9 Å². The average molecular weight is 398 g/mol. The first-order valence-electron chi connectivity index (χ1n) is 6.96. The number of aromatic nitrogens is 2. The molecule has 0 aliphatic carbocycles. The lowest BCUT2D eigenvalue weighted by molar-refractivity contribution is 0.415. The maximum atomic E-state index is 6.18. The molecule has 0 aliphatic heterocycles. The van der Waals surface area contributed by atoms with Crippen LogP contribution in [0, 0.1) is 0 Å². The molecule has 0 atom stereocenters. The fraction of sp³-hybridized carbons (Fsp3) is 0.125. The Morgan fingerprint density at radius 1 is 1.08 bits per heavy atom. The highest BCUT2D eigenvalue weighted by molar-refractivity contribution is 8.00. The molecular weight excluding hydrogens is 385 g/mol. The minimum atomic E-state index is 0.648. The zero-order valence-electron chi connectivity index (χ0n) is 12.6. The molecule has 24 heavy (non-hydrogen) atoms. The topological polar surface area (TPSA) is 47.0 Å². The summed E-state index contributed by atoms with van der Waals surface area (Å²) in [5.74, 6) is 1.46. The van der Waals surface area contributed by atoms with E-state index in [1.54, 1.807) is 18.9 Å². The molecule has 0 bridgehead atoms. The van der Waals surface area contributed by atoms with E-state index in [2.05, 4.69) is 15.5 Å². The van der Waals surface area contributed by atoms with E-state index >= 15 is 0 Å². The van der Waals surface area contributed by atoms with Crippen molar-refractivity contribution < 1.29 is 4.74 Å². The predicted octanol–water partition coefficient (Wildman–Crippen LogP) is 5.89. The van der Waals surface area contributed by atoms with Crippen molar-refractivity contribution in [2.75, 3.05) is 12.4 Å². The third-order valence-electron chi connectivity index (χ3n) is 3.15. The van der Waals surface area contributed by atoms with Crippen molar-refractivity contribution in [3.63, 3.8) is 0 Å². The van der Waals surface area contributed by atoms with Gasteiger partial charge in [-0.25, -0.2) is 0 Å². The molecule has 8 heteroatoms. The van der Waals surface area contributed by atoms with Gasteiger partial charge in [0.05, 0.1) is 7.11 Å². The van der Waals surface area contributed by atoms with Gasteiger partial charge in [-0.1, -0.05) is 52.4 Å². The van der Waals surface area contributed by atoms with Crippen molar-refractivity contribution in [1.82, 2.24) is 10.2 Å². The normalized spacial score (nSPS) is 10.6. The van der Waals surface area contributed by atoms with Crippen molar-refractivity contribution in [2.24, 2.45) is 0 Å². The van der Waals surface area contributed by atoms with Crippen molar-refractivity contribution in [3.05, 3.63) is 58.1 Å². The van der Waals surface area contributed by atoms with Gasteiger partial charge in [-0.2, -0.15) is 0 Å². The van der Waals surface area contributed by atoms with Crippen LogP contribution in [-0.2, 0) is 5.75 Å². The van der Waals surface area contributed by atoms with Crippen molar-refractivity contribution in [3.8, 4) is 5.75 Å². The first kappa shape index (κ1) is 17.4. The van der Waals surface area contributed by atoms with E-state index in [0.29, 0.717) is 15.8 Å². The van der Waals surface area contributed by atoms with Gasteiger partial charge >= 0.3 is 0 Å². The molecule has 2 aromatic carbocycles. The van der Waals surface area contributed by atoms with Crippen LogP contribution in [0.5, 0.6) is 5.75 Å². The van der Waals surface area contributed by atoms with Crippen LogP contribution < -0.4 is 10.1 Å². The minimum Gasteiger partial charge on any atom is -0.497 e. The molecule has 0 spiro atoms. The first-order valence-corrected chi connectivity index (χ1v) is 9.52. The lowest BCUT2D eigenvalue weighted by atomic mass is 10.2. The summed E-state index contributed by atoms with van der Waals surface area (Å²) >= 11 is 15.4. The smallest absolute Gasteiger partial charge is 0.210 e. The Labute approximate surface area is 158 Å². The largest absolute Gasteiger partial charge is 0.497 e. The molecule has 0 saturated heterocycles. The molecule has 124 valence electrons. The number of ether oxygens (including phenoxy) is 1. The van der Waals surface area contributed by atoms with Crippen LogP contribution in [0.3, 0.4) is 0 Å². The van der Waals surface area contributed by atoms with Crippen LogP contribution in [0.4, 0.5) is 10.8 Å². The Morgan fingerprint density at radius 3 is 2.46 bits per heavy atom. The van der Waals surface area contributed by atoms with Gasteiger partial charge in [0.2, 0.25) is 5.13 Å². The summed E-state index contributed by atoms with van der Waals surface area (Å²) < 4.78 is 5.99. The molecule has 4 nitrogen and oxygen atoms in total. The first-order chi connectivity index (χ1) is 11.7. The van der Waals surface area contributed by atoms with Crippen LogP contribution in [0.1, 0.15) is 5.56 Å². The highest BCUT2D eigenvalue weighted by Gasteiger charge is 2.09. The number of thioether (sulfide) groups is 1. The number of nitrogens with zero attached hydrogens (tertiary/aromatic N) is 2. The minimum absolute atomic E-state index is 0.648. The lowest BCUT2D eigenvalue weighted by Crippen LogP contribution is -1.89. The van der Waals surface area contributed by atoms with E-state index in [-0.39, 0.29) is 0 Å². The fourth-order valence-electron chi connectivity index (χ4n) is 1.92. The monoisotopic (exact) mass is 397 g/mol. The van der Waals surface area contributed by atoms with Crippen molar-refractivity contribution in [1.29, 1.82) is 0 Å². The zero-order valence-corrected chi connectivity index (χ0v) is 15.8. The third-order valence-corrected chi connectivity index (χ3v) is 5.86. The van der Waals surface area contributed by atoms with Gasteiger partial charge in [0.25, 0.3) is 0 Å². The van der Waals surface area contributed by atoms with E-state index in [1.807, 2.05) is 42.5 Å². The van der Waals surface area contributed by atoms with Crippen LogP contribution >= 0.6 is 46.3 Å². The van der Waals surface area contributed by atoms with Gasteiger partial charge in [0.1, 0.15) is 5.75 Å². The molecule has 0 radical (unpaired) electrons. The van der Waals surface area contributed by atoms with Gasteiger partial charge < -0.3 is 10.1 Å². The number of halogens is 2. The Morgan fingerprint density at radius 2 is 1.79 bits per heavy atom. The van der Waals surface area contributed by atoms with Crippen LogP contribution in [0.2, 0.25) is 10.0 Å². The average Bonchev–Trinajstić information content (AvgIpc) is 3.02. The number of rotatable bonds is 6. The second-order valence-electron chi connectivity index (χ2n) is 4.72. The maximum absolute atomic E-state index is 6.18. The van der Waals surface area contributed by atoms with Gasteiger partial charge in [-0.05, 0) is 42.0 Å². The quantitative estimate of drug-likeness (QED) is 0.525. The second kappa shape index (κ2) is 8.07. The van der Waals surface area contributed by atoms with Gasteiger partial charge in [0, 0.05) is 21.5 Å². The highest BCUT2D eigenvalue weighted by atomic mass is 35.5. The summed E-state index contributed by atoms with van der Waals surface area (Å²) in [6.45, 7) is 0. The molecule has 1 aromatic heterocycles. The molecule has 0 saturated carbocycles. The highest BCUT2D eigenvalue weighted by Crippen LogP contribution is 2.34. The third kappa shape index (κ3) is 4.33. The van der Waals surface area contributed by atoms with E-state index in [0.717, 1.165) is 26.5 Å². The molecule has 1 N–H and O–H groups in total. The van der Waals surface area contributed by atoms with Crippen LogP contribution in [-0.4, -0.2) is 17.3 Å². The maximum Gasteiger partial charge on any atom is 0.210 e. The van der Waals surface area contributed by atoms with Crippen LogP contribution in [0.25, 0.3) is 0 Å². The summed E-state index contributed by atoms with van der Waals surface area (Å²) in [6.07, 6.45) is 0. The summed E-state index contributed by atoms with van der Waals surface area (Å²) in [5.41, 5.74) is 1.84. The fourth-order valence-corrected chi connectivity index (χ4v) is 4.43. The zero-order chi connectivity index (χ0) is 16.9. The molecule has 3 aromatic rings. The van der Waals surface area contributed by atoms with Gasteiger partial charge in [-0.3, -0.25) is 0 Å². The summed E-state index contributed by atoms with van der Waals surface area (Å²) in [5, 5.41) is 13.6. The number of hydrogen-bond acceptors (Lipinski definition) is 6. The van der Waals surface area contributed by atoms with Gasteiger partial charge in [-0.15, -0.1) is 10.2 Å². The number of methoxy groups -OCH3 is 1. The summed E-state index contributed by atoms with van der Waals surface area (Å²) in [6, 6.07) is 13.1. The summed E-state index contributed by atoms with van der Waals surface area (Å²) in [4.78, 5) is 0. The van der Waals surface area contributed by atoms with E-state index < -0.39 is 0 Å². The number of nitrogens with one attached hydrogen (secondary N) is 1. The Bertz CT molecular complexity index is 804. The summed E-state index contributed by atoms with van der Waals surface area (Å²) in [7, 11) is 1.64. The molecule has 1 heterocycles. The molecule has 0 amide bonds. The Kier molecular flexibility index (Phi) is 5.84. The van der Waals surface area contributed by atoms with Gasteiger partial charge in [0.15, 0.2) is 4.34 Å². The van der Waals surface area contributed by atoms with E-state index in [9.17, 15) is 0 Å². The molecule has 0 aliphatic rings. The standard InChI is InChI=1S/C16H13Cl2N3OS2/c1-22-11-7-5-10(6-8-11)19-15-20-21-16(24-15)23-9-12-13(17)3-2-4-14(12)18/h2-8H,9H2,1H3,(H,19,20). The number of benzene rings is 2. The Hall–Kier alpha value is -1.47. The molecule has 0 unspecified atom stereocenters.